The summed E-state index contributed by atoms with van der Waals surface area (Å²) in [4.78, 5) is 20.8. The number of ether oxygens (including phenoxy) is 3. The zero-order chi connectivity index (χ0) is 36.5. The van der Waals surface area contributed by atoms with Crippen LogP contribution in [0.5, 0.6) is 23.1 Å². The first-order valence-electron chi connectivity index (χ1n) is 17.5. The Morgan fingerprint density at radius 2 is 1.52 bits per heavy atom. The third kappa shape index (κ3) is 9.78. The Balaban J connectivity index is 1.00. The number of hydrogen-bond donors (Lipinski definition) is 0. The first-order chi connectivity index (χ1) is 25.2. The van der Waals surface area contributed by atoms with Gasteiger partial charge in [0.15, 0.2) is 5.75 Å². The summed E-state index contributed by atoms with van der Waals surface area (Å²) >= 11 is 6.77. The van der Waals surface area contributed by atoms with Crippen molar-refractivity contribution in [3.05, 3.63) is 153 Å². The molecule has 0 spiro atoms. The summed E-state index contributed by atoms with van der Waals surface area (Å²) < 4.78 is 31.6. The standard InChI is InChI=1S/C43H43ClFN3O4/c1-30-4-12-37(13-5-30)50-23-17-33-8-10-34(11-9-33)28-47-18-20-48(21-19-47)41(16-22-49)36-24-32(3)43(39(44)26-36)52-42-15-14-38(27-46-42)51-29-35-7-6-31(2)40(45)25-35/h4-16,22,24-27H,17-21,23,28-29H2,1-3H3/b41-16+. The molecule has 5 aromatic rings. The number of piperazine rings is 1. The molecule has 2 heterocycles. The third-order valence-electron chi connectivity index (χ3n) is 9.13. The lowest BCUT2D eigenvalue weighted by Gasteiger charge is -2.37. The van der Waals surface area contributed by atoms with Crippen LogP contribution in [0.4, 0.5) is 4.39 Å². The molecule has 6 rings (SSSR count). The fourth-order valence-electron chi connectivity index (χ4n) is 6.10. The predicted octanol–water partition coefficient (Wildman–Crippen LogP) is 9.15. The van der Waals surface area contributed by atoms with Crippen molar-refractivity contribution in [2.24, 2.45) is 0 Å². The van der Waals surface area contributed by atoms with Gasteiger partial charge in [0.25, 0.3) is 0 Å². The topological polar surface area (TPSA) is 64.1 Å². The highest BCUT2D eigenvalue weighted by molar-refractivity contribution is 6.32. The van der Waals surface area contributed by atoms with Crippen LogP contribution in [-0.4, -0.2) is 53.9 Å². The number of benzene rings is 4. The molecule has 0 atom stereocenters. The lowest BCUT2D eigenvalue weighted by molar-refractivity contribution is -0.104. The Morgan fingerprint density at radius 1 is 0.808 bits per heavy atom. The molecule has 0 aliphatic carbocycles. The van der Waals surface area contributed by atoms with E-state index in [1.807, 2.05) is 37.3 Å². The van der Waals surface area contributed by atoms with Crippen molar-refractivity contribution in [2.45, 2.75) is 40.3 Å². The smallest absolute Gasteiger partial charge is 0.219 e. The number of aryl methyl sites for hydroxylation is 3. The molecule has 0 unspecified atom stereocenters. The van der Waals surface area contributed by atoms with Crippen molar-refractivity contribution in [3.63, 3.8) is 0 Å². The van der Waals surface area contributed by atoms with Gasteiger partial charge in [-0.2, -0.15) is 0 Å². The molecule has 9 heteroatoms. The predicted molar refractivity (Wildman–Crippen MR) is 204 cm³/mol. The van der Waals surface area contributed by atoms with Gasteiger partial charge < -0.3 is 19.1 Å². The van der Waals surface area contributed by atoms with Gasteiger partial charge in [-0.05, 0) is 90.6 Å². The Bertz CT molecular complexity index is 1970. The normalized spacial score (nSPS) is 13.6. The third-order valence-corrected chi connectivity index (χ3v) is 9.41. The Kier molecular flexibility index (Phi) is 12.2. The van der Waals surface area contributed by atoms with Crippen LogP contribution in [0, 0.1) is 26.6 Å². The van der Waals surface area contributed by atoms with Crippen LogP contribution in [0.2, 0.25) is 5.02 Å². The molecule has 0 radical (unpaired) electrons. The van der Waals surface area contributed by atoms with Crippen LogP contribution in [-0.2, 0) is 24.4 Å². The second-order valence-corrected chi connectivity index (χ2v) is 13.5. The molecule has 4 aromatic carbocycles. The number of allylic oxidation sites excluding steroid dienone is 1. The second kappa shape index (κ2) is 17.4. The fraction of sp³-hybridized carbons (Fsp3) is 0.256. The largest absolute Gasteiger partial charge is 0.493 e. The Hall–Kier alpha value is -5.18. The number of hydrogen-bond acceptors (Lipinski definition) is 7. The molecule has 1 aliphatic heterocycles. The number of carbonyl (C=O) groups is 1. The summed E-state index contributed by atoms with van der Waals surface area (Å²) in [6.45, 7) is 10.7. The highest BCUT2D eigenvalue weighted by Gasteiger charge is 2.22. The van der Waals surface area contributed by atoms with Gasteiger partial charge in [-0.1, -0.05) is 65.7 Å². The van der Waals surface area contributed by atoms with Crippen molar-refractivity contribution < 1.29 is 23.4 Å². The van der Waals surface area contributed by atoms with Crippen molar-refractivity contribution in [1.29, 1.82) is 0 Å². The van der Waals surface area contributed by atoms with Crippen molar-refractivity contribution in [3.8, 4) is 23.1 Å². The van der Waals surface area contributed by atoms with E-state index in [4.69, 9.17) is 25.8 Å². The van der Waals surface area contributed by atoms with Gasteiger partial charge >= 0.3 is 0 Å². The van der Waals surface area contributed by atoms with Gasteiger partial charge in [-0.25, -0.2) is 9.37 Å². The van der Waals surface area contributed by atoms with Crippen molar-refractivity contribution in [1.82, 2.24) is 14.8 Å². The van der Waals surface area contributed by atoms with Crippen molar-refractivity contribution >= 4 is 23.6 Å². The summed E-state index contributed by atoms with van der Waals surface area (Å²) in [5, 5.41) is 0.416. The van der Waals surface area contributed by atoms with Gasteiger partial charge in [0.05, 0.1) is 17.8 Å². The summed E-state index contributed by atoms with van der Waals surface area (Å²) in [7, 11) is 0. The molecule has 7 nitrogen and oxygen atoms in total. The molecule has 268 valence electrons. The average Bonchev–Trinajstić information content (AvgIpc) is 3.15. The molecular weight excluding hydrogens is 677 g/mol. The van der Waals surface area contributed by atoms with E-state index in [0.717, 1.165) is 73.6 Å². The molecule has 0 bridgehead atoms. The van der Waals surface area contributed by atoms with Crippen LogP contribution in [0.1, 0.15) is 38.9 Å². The number of nitrogens with zero attached hydrogens (tertiary/aromatic N) is 3. The minimum atomic E-state index is -0.261. The number of carbonyl (C=O) groups excluding carboxylic acids is 1. The van der Waals surface area contributed by atoms with Crippen LogP contribution < -0.4 is 14.2 Å². The quantitative estimate of drug-likeness (QED) is 0.0838. The van der Waals surface area contributed by atoms with E-state index in [1.54, 1.807) is 37.4 Å². The minimum absolute atomic E-state index is 0.220. The van der Waals surface area contributed by atoms with E-state index in [2.05, 4.69) is 58.1 Å². The second-order valence-electron chi connectivity index (χ2n) is 13.1. The van der Waals surface area contributed by atoms with Crippen LogP contribution in [0.3, 0.4) is 0 Å². The van der Waals surface area contributed by atoms with Gasteiger partial charge in [0.2, 0.25) is 5.88 Å². The van der Waals surface area contributed by atoms with Gasteiger partial charge in [0, 0.05) is 57.0 Å². The molecule has 1 aromatic heterocycles. The Labute approximate surface area is 310 Å². The number of pyridine rings is 1. The maximum Gasteiger partial charge on any atom is 0.219 e. The molecule has 0 N–H and O–H groups in total. The number of aldehydes is 1. The average molecular weight is 720 g/mol. The first kappa shape index (κ1) is 36.6. The van der Waals surface area contributed by atoms with Gasteiger partial charge in [-0.3, -0.25) is 9.69 Å². The number of rotatable bonds is 14. The van der Waals surface area contributed by atoms with Crippen LogP contribution in [0.25, 0.3) is 5.70 Å². The molecule has 1 saturated heterocycles. The number of halogens is 2. The highest BCUT2D eigenvalue weighted by atomic mass is 35.5. The maximum atomic E-state index is 13.9. The van der Waals surface area contributed by atoms with Crippen LogP contribution >= 0.6 is 11.6 Å². The first-order valence-corrected chi connectivity index (χ1v) is 17.8. The van der Waals surface area contributed by atoms with E-state index in [1.165, 1.54) is 22.8 Å². The van der Waals surface area contributed by atoms with Gasteiger partial charge in [0.1, 0.15) is 30.2 Å². The van der Waals surface area contributed by atoms with E-state index >= 15 is 0 Å². The van der Waals surface area contributed by atoms with E-state index in [9.17, 15) is 9.18 Å². The summed E-state index contributed by atoms with van der Waals surface area (Å²) in [5.74, 6) is 2.01. The molecular formula is C43H43ClFN3O4. The minimum Gasteiger partial charge on any atom is -0.493 e. The molecule has 0 amide bonds. The SMILES string of the molecule is Cc1ccc(OCCc2ccc(CN3CCN(/C(=C/C=O)c4cc(C)c(Oc5ccc(OCc6ccc(C)c(F)c6)cn5)c(Cl)c4)CC3)cc2)cc1. The van der Waals surface area contributed by atoms with Gasteiger partial charge in [-0.15, -0.1) is 0 Å². The highest BCUT2D eigenvalue weighted by Crippen LogP contribution is 2.36. The Morgan fingerprint density at radius 3 is 2.19 bits per heavy atom. The lowest BCUT2D eigenvalue weighted by atomic mass is 10.1. The maximum absolute atomic E-state index is 13.9. The van der Waals surface area contributed by atoms with E-state index < -0.39 is 0 Å². The summed E-state index contributed by atoms with van der Waals surface area (Å²) in [5.41, 5.74) is 7.56. The van der Waals surface area contributed by atoms with Crippen LogP contribution in [0.15, 0.2) is 103 Å². The molecule has 1 fully saturated rings. The summed E-state index contributed by atoms with van der Waals surface area (Å²) in [6, 6.07) is 29.2. The fourth-order valence-corrected chi connectivity index (χ4v) is 6.41. The molecule has 0 saturated carbocycles. The zero-order valence-electron chi connectivity index (χ0n) is 29.8. The van der Waals surface area contributed by atoms with E-state index in [0.29, 0.717) is 34.6 Å². The molecule has 1 aliphatic rings. The number of aromatic nitrogens is 1. The lowest BCUT2D eigenvalue weighted by Crippen LogP contribution is -2.45. The van der Waals surface area contributed by atoms with Crippen molar-refractivity contribution in [2.75, 3.05) is 32.8 Å². The monoisotopic (exact) mass is 719 g/mol. The molecule has 52 heavy (non-hydrogen) atoms. The summed E-state index contributed by atoms with van der Waals surface area (Å²) in [6.07, 6.45) is 4.84. The zero-order valence-corrected chi connectivity index (χ0v) is 30.5. The van der Waals surface area contributed by atoms with E-state index in [-0.39, 0.29) is 12.4 Å².